The number of nitrogens with one attached hydrogen (secondary N) is 1. The van der Waals surface area contributed by atoms with Gasteiger partial charge in [-0.25, -0.2) is 4.39 Å². The summed E-state index contributed by atoms with van der Waals surface area (Å²) >= 11 is 0. The predicted octanol–water partition coefficient (Wildman–Crippen LogP) is 1.23. The molecule has 2 unspecified atom stereocenters. The number of aliphatic hydroxyl groups excluding tert-OH is 1. The molecule has 0 aliphatic heterocycles. The Morgan fingerprint density at radius 3 is 2.65 bits per heavy atom. The molecule has 2 atom stereocenters. The van der Waals surface area contributed by atoms with Gasteiger partial charge in [0.25, 0.3) is 0 Å². The maximum atomic E-state index is 12.5. The molecule has 0 saturated heterocycles. The van der Waals surface area contributed by atoms with Crippen LogP contribution in [0, 0.1) is 0 Å². The van der Waals surface area contributed by atoms with Gasteiger partial charge in [-0.3, -0.25) is 4.79 Å². The van der Waals surface area contributed by atoms with Crippen LogP contribution in [-0.2, 0) is 11.2 Å². The number of hydrogen-bond donors (Lipinski definition) is 2. The zero-order chi connectivity index (χ0) is 12.7. The van der Waals surface area contributed by atoms with Crippen LogP contribution in [0.5, 0.6) is 0 Å². The Hall–Kier alpha value is -1.68. The van der Waals surface area contributed by atoms with E-state index in [0.717, 1.165) is 11.6 Å². The van der Waals surface area contributed by atoms with Crippen LogP contribution in [0.1, 0.15) is 5.56 Å². The van der Waals surface area contributed by atoms with Crippen LogP contribution >= 0.6 is 0 Å². The fourth-order valence-electron chi connectivity index (χ4n) is 1.50. The second-order valence-electron chi connectivity index (χ2n) is 3.73. The molecule has 0 saturated carbocycles. The van der Waals surface area contributed by atoms with Crippen molar-refractivity contribution < 1.29 is 14.3 Å². The summed E-state index contributed by atoms with van der Waals surface area (Å²) < 4.78 is 12.5. The number of hydrogen-bond acceptors (Lipinski definition) is 2. The second kappa shape index (κ2) is 6.81. The number of alkyl halides is 1. The van der Waals surface area contributed by atoms with E-state index in [4.69, 9.17) is 0 Å². The molecule has 0 bridgehead atoms. The molecule has 0 fully saturated rings. The molecular formula is C13H16FNO2. The Labute approximate surface area is 100.0 Å². The molecule has 1 amide bonds. The van der Waals surface area contributed by atoms with Crippen LogP contribution < -0.4 is 5.32 Å². The minimum Gasteiger partial charge on any atom is -0.388 e. The summed E-state index contributed by atoms with van der Waals surface area (Å²) in [5.41, 5.74) is 0.925. The summed E-state index contributed by atoms with van der Waals surface area (Å²) in [5, 5.41) is 12.0. The average molecular weight is 237 g/mol. The van der Waals surface area contributed by atoms with Crippen molar-refractivity contribution in [2.24, 2.45) is 0 Å². The Balaban J connectivity index is 2.70. The third-order valence-corrected chi connectivity index (χ3v) is 2.43. The lowest BCUT2D eigenvalue weighted by Crippen LogP contribution is -2.45. The highest BCUT2D eigenvalue weighted by Crippen LogP contribution is 2.07. The summed E-state index contributed by atoms with van der Waals surface area (Å²) in [6, 6.07) is 8.64. The van der Waals surface area contributed by atoms with E-state index in [-0.39, 0.29) is 0 Å². The van der Waals surface area contributed by atoms with Crippen LogP contribution in [0.4, 0.5) is 4.39 Å². The molecule has 0 aromatic heterocycles. The molecule has 0 spiro atoms. The van der Waals surface area contributed by atoms with E-state index >= 15 is 0 Å². The fraction of sp³-hybridized carbons (Fsp3) is 0.308. The first kappa shape index (κ1) is 13.4. The van der Waals surface area contributed by atoms with E-state index in [9.17, 15) is 14.3 Å². The standard InChI is InChI=1S/C13H16FNO2/c1-2-13(17)15-11(12(16)9-14)8-10-6-4-3-5-7-10/h2-7,11-12,16H,1,8-9H2,(H,15,17). The van der Waals surface area contributed by atoms with E-state index in [1.165, 1.54) is 0 Å². The van der Waals surface area contributed by atoms with Gasteiger partial charge in [0, 0.05) is 0 Å². The van der Waals surface area contributed by atoms with Gasteiger partial charge in [0.05, 0.1) is 6.04 Å². The summed E-state index contributed by atoms with van der Waals surface area (Å²) in [6.45, 7) is 2.42. The quantitative estimate of drug-likeness (QED) is 0.731. The number of rotatable bonds is 6. The largest absolute Gasteiger partial charge is 0.388 e. The first-order valence-electron chi connectivity index (χ1n) is 5.38. The van der Waals surface area contributed by atoms with Gasteiger partial charge >= 0.3 is 0 Å². The molecule has 2 N–H and O–H groups in total. The van der Waals surface area contributed by atoms with Crippen LogP contribution in [0.3, 0.4) is 0 Å². The van der Waals surface area contributed by atoms with E-state index in [0.29, 0.717) is 6.42 Å². The van der Waals surface area contributed by atoms with Crippen LogP contribution in [-0.4, -0.2) is 29.8 Å². The highest BCUT2D eigenvalue weighted by atomic mass is 19.1. The number of aliphatic hydroxyl groups is 1. The highest BCUT2D eigenvalue weighted by molar-refractivity contribution is 5.87. The Bertz CT molecular complexity index is 367. The van der Waals surface area contributed by atoms with Crippen molar-refractivity contribution in [1.29, 1.82) is 0 Å². The van der Waals surface area contributed by atoms with Gasteiger partial charge in [0.1, 0.15) is 12.8 Å². The second-order valence-corrected chi connectivity index (χ2v) is 3.73. The molecule has 0 aliphatic carbocycles. The molecule has 1 aromatic carbocycles. The lowest BCUT2D eigenvalue weighted by atomic mass is 10.0. The first-order valence-corrected chi connectivity index (χ1v) is 5.38. The average Bonchev–Trinajstić information content (AvgIpc) is 2.38. The Kier molecular flexibility index (Phi) is 5.36. The molecule has 0 aliphatic rings. The molecule has 1 rings (SSSR count). The first-order chi connectivity index (χ1) is 8.17. The van der Waals surface area contributed by atoms with Crippen LogP contribution in [0.15, 0.2) is 43.0 Å². The number of carbonyl (C=O) groups excluding carboxylic acids is 1. The summed E-state index contributed by atoms with van der Waals surface area (Å²) in [6.07, 6.45) is 0.271. The molecule has 0 radical (unpaired) electrons. The van der Waals surface area contributed by atoms with Gasteiger partial charge in [-0.1, -0.05) is 36.9 Å². The lowest BCUT2D eigenvalue weighted by Gasteiger charge is -2.21. The van der Waals surface area contributed by atoms with Gasteiger partial charge < -0.3 is 10.4 Å². The van der Waals surface area contributed by atoms with Crippen LogP contribution in [0.25, 0.3) is 0 Å². The molecule has 0 heterocycles. The SMILES string of the molecule is C=CC(=O)NC(Cc1ccccc1)C(O)CF. The minimum atomic E-state index is -1.21. The van der Waals surface area contributed by atoms with E-state index in [1.54, 1.807) is 0 Å². The zero-order valence-corrected chi connectivity index (χ0v) is 9.47. The molecule has 3 nitrogen and oxygen atoms in total. The van der Waals surface area contributed by atoms with E-state index in [1.807, 2.05) is 30.3 Å². The maximum absolute atomic E-state index is 12.5. The van der Waals surface area contributed by atoms with Gasteiger partial charge in [-0.05, 0) is 18.1 Å². The van der Waals surface area contributed by atoms with Crippen molar-refractivity contribution >= 4 is 5.91 Å². The number of halogens is 1. The van der Waals surface area contributed by atoms with Crippen molar-refractivity contribution in [3.63, 3.8) is 0 Å². The van der Waals surface area contributed by atoms with Crippen molar-refractivity contribution in [3.8, 4) is 0 Å². The van der Waals surface area contributed by atoms with Gasteiger partial charge in [-0.15, -0.1) is 0 Å². The molecule has 4 heteroatoms. The van der Waals surface area contributed by atoms with E-state index < -0.39 is 24.7 Å². The molecule has 17 heavy (non-hydrogen) atoms. The smallest absolute Gasteiger partial charge is 0.243 e. The van der Waals surface area contributed by atoms with E-state index in [2.05, 4.69) is 11.9 Å². The van der Waals surface area contributed by atoms with Crippen molar-refractivity contribution in [1.82, 2.24) is 5.32 Å². The fourth-order valence-corrected chi connectivity index (χ4v) is 1.50. The van der Waals surface area contributed by atoms with Gasteiger partial charge in [-0.2, -0.15) is 0 Å². The Morgan fingerprint density at radius 1 is 1.47 bits per heavy atom. The van der Waals surface area contributed by atoms with Crippen molar-refractivity contribution in [2.45, 2.75) is 18.6 Å². The summed E-state index contributed by atoms with van der Waals surface area (Å²) in [5.74, 6) is -0.418. The normalized spacial score (nSPS) is 13.8. The van der Waals surface area contributed by atoms with Gasteiger partial charge in [0.2, 0.25) is 5.91 Å². The minimum absolute atomic E-state index is 0.380. The number of benzene rings is 1. The lowest BCUT2D eigenvalue weighted by molar-refractivity contribution is -0.118. The number of amides is 1. The molecular weight excluding hydrogens is 221 g/mol. The predicted molar refractivity (Wildman–Crippen MR) is 64.3 cm³/mol. The van der Waals surface area contributed by atoms with Crippen molar-refractivity contribution in [3.05, 3.63) is 48.6 Å². The third-order valence-electron chi connectivity index (χ3n) is 2.43. The maximum Gasteiger partial charge on any atom is 0.243 e. The molecule has 92 valence electrons. The Morgan fingerprint density at radius 2 is 2.12 bits per heavy atom. The third kappa shape index (κ3) is 4.36. The summed E-state index contributed by atoms with van der Waals surface area (Å²) in [4.78, 5) is 11.2. The monoisotopic (exact) mass is 237 g/mol. The topological polar surface area (TPSA) is 49.3 Å². The molecule has 1 aromatic rings. The van der Waals surface area contributed by atoms with Gasteiger partial charge in [0.15, 0.2) is 0 Å². The highest BCUT2D eigenvalue weighted by Gasteiger charge is 2.20. The number of carbonyl (C=O) groups is 1. The van der Waals surface area contributed by atoms with Crippen LogP contribution in [0.2, 0.25) is 0 Å². The van der Waals surface area contributed by atoms with Crippen molar-refractivity contribution in [2.75, 3.05) is 6.67 Å². The zero-order valence-electron chi connectivity index (χ0n) is 9.47. The summed E-state index contributed by atoms with van der Waals surface area (Å²) in [7, 11) is 0.